The van der Waals surface area contributed by atoms with Gasteiger partial charge < -0.3 is 19.5 Å². The molecule has 0 saturated carbocycles. The lowest BCUT2D eigenvalue weighted by Crippen LogP contribution is -2.50. The molecule has 8 nitrogen and oxygen atoms in total. The molecule has 30 heavy (non-hydrogen) atoms. The zero-order valence-corrected chi connectivity index (χ0v) is 17.9. The summed E-state index contributed by atoms with van der Waals surface area (Å²) in [6.45, 7) is 9.79. The van der Waals surface area contributed by atoms with E-state index in [1.54, 1.807) is 17.3 Å². The Bertz CT molecular complexity index is 828. The number of carbonyl (C=O) groups excluding carboxylic acids is 1. The number of nitrogens with zero attached hydrogens (tertiary/aromatic N) is 4. The third-order valence-electron chi connectivity index (χ3n) is 4.70. The minimum Gasteiger partial charge on any atom is -0.489 e. The normalized spacial score (nSPS) is 15.1. The Hall–Kier alpha value is -2.71. The number of carbonyl (C=O) groups is 1. The molecule has 2 heterocycles. The topological polar surface area (TPSA) is 88.0 Å². The molecule has 1 amide bonds. The molecule has 1 aromatic carbocycles. The van der Waals surface area contributed by atoms with Gasteiger partial charge in [-0.15, -0.1) is 0 Å². The molecule has 0 atom stereocenters. The number of hydrogen-bond acceptors (Lipinski definition) is 7. The van der Waals surface area contributed by atoms with Crippen molar-refractivity contribution in [3.63, 3.8) is 0 Å². The highest BCUT2D eigenvalue weighted by molar-refractivity contribution is 5.68. The van der Waals surface area contributed by atoms with E-state index in [4.69, 9.17) is 9.47 Å². The second-order valence-electron chi connectivity index (χ2n) is 8.26. The summed E-state index contributed by atoms with van der Waals surface area (Å²) in [6.07, 6.45) is 3.07. The summed E-state index contributed by atoms with van der Waals surface area (Å²) >= 11 is 0. The molecule has 1 aliphatic rings. The number of ether oxygens (including phenoxy) is 2. The van der Waals surface area contributed by atoms with E-state index >= 15 is 0 Å². The number of aliphatic hydroxyl groups is 1. The van der Waals surface area contributed by atoms with Crippen molar-refractivity contribution in [2.24, 2.45) is 0 Å². The van der Waals surface area contributed by atoms with Gasteiger partial charge in [0.2, 0.25) is 0 Å². The molecule has 1 fully saturated rings. The van der Waals surface area contributed by atoms with E-state index in [0.717, 1.165) is 30.8 Å². The zero-order valence-electron chi connectivity index (χ0n) is 17.9. The molecule has 162 valence electrons. The van der Waals surface area contributed by atoms with Crippen LogP contribution in [-0.2, 0) is 11.3 Å². The van der Waals surface area contributed by atoms with E-state index < -0.39 is 5.60 Å². The number of aliphatic hydroxyl groups excluding tert-OH is 1. The molecule has 1 aliphatic heterocycles. The molecular formula is C22H30N4O4. The van der Waals surface area contributed by atoms with E-state index in [9.17, 15) is 9.90 Å². The predicted octanol–water partition coefficient (Wildman–Crippen LogP) is 2.57. The van der Waals surface area contributed by atoms with Crippen molar-refractivity contribution in [2.75, 3.05) is 39.3 Å². The van der Waals surface area contributed by atoms with Crippen molar-refractivity contribution in [1.29, 1.82) is 0 Å². The highest BCUT2D eigenvalue weighted by Gasteiger charge is 2.25. The van der Waals surface area contributed by atoms with Gasteiger partial charge in [-0.25, -0.2) is 14.8 Å². The lowest BCUT2D eigenvalue weighted by Gasteiger charge is -2.35. The van der Waals surface area contributed by atoms with Crippen molar-refractivity contribution in [3.05, 3.63) is 42.2 Å². The van der Waals surface area contributed by atoms with Gasteiger partial charge in [-0.2, -0.15) is 0 Å². The third-order valence-corrected chi connectivity index (χ3v) is 4.70. The van der Waals surface area contributed by atoms with E-state index in [-0.39, 0.29) is 12.7 Å². The summed E-state index contributed by atoms with van der Waals surface area (Å²) in [7, 11) is 0. The van der Waals surface area contributed by atoms with Crippen molar-refractivity contribution in [3.8, 4) is 17.1 Å². The maximum atomic E-state index is 12.1. The quantitative estimate of drug-likeness (QED) is 0.777. The largest absolute Gasteiger partial charge is 0.489 e. The number of benzene rings is 1. The first-order valence-electron chi connectivity index (χ1n) is 10.2. The van der Waals surface area contributed by atoms with Gasteiger partial charge in [0.25, 0.3) is 0 Å². The van der Waals surface area contributed by atoms with Gasteiger partial charge in [-0.1, -0.05) is 18.2 Å². The van der Waals surface area contributed by atoms with Gasteiger partial charge in [0.05, 0.1) is 19.0 Å². The molecule has 0 unspecified atom stereocenters. The van der Waals surface area contributed by atoms with E-state index in [0.29, 0.717) is 31.3 Å². The highest BCUT2D eigenvalue weighted by atomic mass is 16.6. The molecule has 1 aromatic heterocycles. The predicted molar refractivity (Wildman–Crippen MR) is 113 cm³/mol. The smallest absolute Gasteiger partial charge is 0.410 e. The van der Waals surface area contributed by atoms with Gasteiger partial charge >= 0.3 is 6.09 Å². The number of aromatic nitrogens is 2. The summed E-state index contributed by atoms with van der Waals surface area (Å²) < 4.78 is 11.2. The first-order chi connectivity index (χ1) is 14.3. The lowest BCUT2D eigenvalue weighted by atomic mass is 10.1. The molecular weight excluding hydrogens is 384 g/mol. The molecule has 0 aliphatic carbocycles. The Morgan fingerprint density at radius 1 is 1.13 bits per heavy atom. The Kier molecular flexibility index (Phi) is 7.23. The van der Waals surface area contributed by atoms with E-state index in [1.165, 1.54) is 0 Å². The minimum absolute atomic E-state index is 0.0128. The van der Waals surface area contributed by atoms with Crippen LogP contribution >= 0.6 is 0 Å². The van der Waals surface area contributed by atoms with Crippen molar-refractivity contribution < 1.29 is 19.4 Å². The second kappa shape index (κ2) is 9.86. The Labute approximate surface area is 177 Å². The molecule has 1 saturated heterocycles. The molecule has 0 radical (unpaired) electrons. The second-order valence-corrected chi connectivity index (χ2v) is 8.26. The number of hydrogen-bond donors (Lipinski definition) is 1. The highest BCUT2D eigenvalue weighted by Crippen LogP contribution is 2.18. The first kappa shape index (κ1) is 22.0. The van der Waals surface area contributed by atoms with Crippen LogP contribution in [0.2, 0.25) is 0 Å². The minimum atomic E-state index is -0.471. The maximum Gasteiger partial charge on any atom is 0.410 e. The number of amides is 1. The molecule has 8 heteroatoms. The zero-order chi connectivity index (χ0) is 21.6. The van der Waals surface area contributed by atoms with Crippen LogP contribution in [0.5, 0.6) is 5.75 Å². The lowest BCUT2D eigenvalue weighted by molar-refractivity contribution is 0.0137. The summed E-state index contributed by atoms with van der Waals surface area (Å²) in [5.74, 6) is 1.21. The molecule has 1 N–H and O–H groups in total. The molecule has 0 spiro atoms. The van der Waals surface area contributed by atoms with Crippen molar-refractivity contribution in [2.45, 2.75) is 33.0 Å². The van der Waals surface area contributed by atoms with Gasteiger partial charge in [0, 0.05) is 38.3 Å². The maximum absolute atomic E-state index is 12.1. The average Bonchev–Trinajstić information content (AvgIpc) is 2.73. The monoisotopic (exact) mass is 414 g/mol. The third kappa shape index (κ3) is 6.40. The van der Waals surface area contributed by atoms with Crippen molar-refractivity contribution in [1.82, 2.24) is 19.8 Å². The molecule has 3 rings (SSSR count). The van der Waals surface area contributed by atoms with Crippen LogP contribution in [-0.4, -0.2) is 75.9 Å². The fourth-order valence-electron chi connectivity index (χ4n) is 3.12. The summed E-state index contributed by atoms with van der Waals surface area (Å²) in [6, 6.07) is 7.50. The van der Waals surface area contributed by atoms with Crippen LogP contribution in [0, 0.1) is 0 Å². The van der Waals surface area contributed by atoms with Crippen LogP contribution in [0.4, 0.5) is 4.79 Å². The van der Waals surface area contributed by atoms with Crippen LogP contribution in [0.25, 0.3) is 11.4 Å². The Morgan fingerprint density at radius 3 is 2.47 bits per heavy atom. The van der Waals surface area contributed by atoms with E-state index in [2.05, 4.69) is 14.9 Å². The fourth-order valence-corrected chi connectivity index (χ4v) is 3.12. The average molecular weight is 415 g/mol. The number of piperazine rings is 1. The Balaban J connectivity index is 1.41. The molecule has 2 aromatic rings. The van der Waals surface area contributed by atoms with Gasteiger partial charge in [0.15, 0.2) is 11.6 Å². The van der Waals surface area contributed by atoms with Gasteiger partial charge in [-0.3, -0.25) is 4.90 Å². The summed E-state index contributed by atoms with van der Waals surface area (Å²) in [4.78, 5) is 24.8. The first-order valence-corrected chi connectivity index (χ1v) is 10.2. The number of rotatable bonds is 6. The van der Waals surface area contributed by atoms with Crippen molar-refractivity contribution >= 4 is 6.09 Å². The van der Waals surface area contributed by atoms with Crippen LogP contribution in [0.15, 0.2) is 36.7 Å². The van der Waals surface area contributed by atoms with Crippen LogP contribution in [0.3, 0.4) is 0 Å². The SMILES string of the molecule is CC(C)(C)OC(=O)N1CCN(CCOc2cnc(-c3cccc(CO)c3)nc2)CC1. The van der Waals surface area contributed by atoms with E-state index in [1.807, 2.05) is 45.0 Å². The standard InChI is InChI=1S/C22H30N4O4/c1-22(2,3)30-21(28)26-9-7-25(8-10-26)11-12-29-19-14-23-20(24-15-19)18-6-4-5-17(13-18)16-27/h4-6,13-15,27H,7-12,16H2,1-3H3. The Morgan fingerprint density at radius 2 is 1.83 bits per heavy atom. The van der Waals surface area contributed by atoms with Crippen LogP contribution in [0.1, 0.15) is 26.3 Å². The van der Waals surface area contributed by atoms with Gasteiger partial charge in [0.1, 0.15) is 12.2 Å². The fraction of sp³-hybridized carbons (Fsp3) is 0.500. The van der Waals surface area contributed by atoms with Crippen LogP contribution < -0.4 is 4.74 Å². The van der Waals surface area contributed by atoms with Gasteiger partial charge in [-0.05, 0) is 32.4 Å². The summed E-state index contributed by atoms with van der Waals surface area (Å²) in [5, 5.41) is 9.25. The summed E-state index contributed by atoms with van der Waals surface area (Å²) in [5.41, 5.74) is 1.21. The molecule has 0 bridgehead atoms.